The SMILES string of the molecule is Cc1ccc(C(=O)N2C[C@H]3C[C@@H](Oc4ccccn4)[C@@H]2C3)c(-n2nccn2)n1. The molecule has 3 aromatic heterocycles. The van der Waals surface area contributed by atoms with E-state index in [2.05, 4.69) is 20.2 Å². The van der Waals surface area contributed by atoms with Gasteiger partial charge in [0.1, 0.15) is 6.10 Å². The average molecular weight is 376 g/mol. The maximum atomic E-state index is 13.4. The van der Waals surface area contributed by atoms with Gasteiger partial charge in [-0.2, -0.15) is 10.2 Å². The highest BCUT2D eigenvalue weighted by Gasteiger charge is 2.48. The van der Waals surface area contributed by atoms with E-state index in [1.165, 1.54) is 4.80 Å². The lowest BCUT2D eigenvalue weighted by atomic mass is 10.1. The summed E-state index contributed by atoms with van der Waals surface area (Å²) in [6.45, 7) is 2.63. The molecule has 0 radical (unpaired) electrons. The summed E-state index contributed by atoms with van der Waals surface area (Å²) in [6, 6.07) is 9.31. The zero-order valence-corrected chi connectivity index (χ0v) is 15.5. The molecule has 2 aliphatic rings. The molecule has 1 saturated heterocycles. The molecule has 0 N–H and O–H groups in total. The van der Waals surface area contributed by atoms with Crippen molar-refractivity contribution in [3.63, 3.8) is 0 Å². The molecular formula is C20H20N6O2. The van der Waals surface area contributed by atoms with Crippen LogP contribution in [0.3, 0.4) is 0 Å². The molecule has 4 heterocycles. The zero-order valence-electron chi connectivity index (χ0n) is 15.5. The van der Waals surface area contributed by atoms with Gasteiger partial charge in [-0.3, -0.25) is 4.79 Å². The summed E-state index contributed by atoms with van der Waals surface area (Å²) in [6.07, 6.45) is 6.73. The number of rotatable bonds is 4. The highest BCUT2D eigenvalue weighted by atomic mass is 16.5. The molecule has 28 heavy (non-hydrogen) atoms. The molecule has 2 fully saturated rings. The van der Waals surface area contributed by atoms with E-state index in [1.807, 2.05) is 42.2 Å². The maximum absolute atomic E-state index is 13.4. The summed E-state index contributed by atoms with van der Waals surface area (Å²) in [5.74, 6) is 1.46. The van der Waals surface area contributed by atoms with Crippen molar-refractivity contribution in [2.24, 2.45) is 5.92 Å². The number of ether oxygens (including phenoxy) is 1. The van der Waals surface area contributed by atoms with Gasteiger partial charge in [0.15, 0.2) is 5.82 Å². The van der Waals surface area contributed by atoms with Gasteiger partial charge in [-0.25, -0.2) is 9.97 Å². The van der Waals surface area contributed by atoms with Crippen molar-refractivity contribution in [2.75, 3.05) is 6.54 Å². The third-order valence-corrected chi connectivity index (χ3v) is 5.45. The molecule has 142 valence electrons. The van der Waals surface area contributed by atoms with Crippen LogP contribution in [0.15, 0.2) is 48.9 Å². The smallest absolute Gasteiger partial charge is 0.258 e. The van der Waals surface area contributed by atoms with Crippen LogP contribution in [-0.2, 0) is 0 Å². The molecule has 2 bridgehead atoms. The van der Waals surface area contributed by atoms with Gasteiger partial charge < -0.3 is 9.64 Å². The largest absolute Gasteiger partial charge is 0.472 e. The Morgan fingerprint density at radius 1 is 1.11 bits per heavy atom. The number of carbonyl (C=O) groups excluding carboxylic acids is 1. The second-order valence-electron chi connectivity index (χ2n) is 7.33. The van der Waals surface area contributed by atoms with Gasteiger partial charge in [0.05, 0.1) is 24.0 Å². The van der Waals surface area contributed by atoms with Crippen LogP contribution >= 0.6 is 0 Å². The summed E-state index contributed by atoms with van der Waals surface area (Å²) < 4.78 is 6.10. The summed E-state index contributed by atoms with van der Waals surface area (Å²) in [7, 11) is 0. The van der Waals surface area contributed by atoms with Crippen molar-refractivity contribution < 1.29 is 9.53 Å². The predicted molar refractivity (Wildman–Crippen MR) is 100 cm³/mol. The van der Waals surface area contributed by atoms with Gasteiger partial charge in [0.2, 0.25) is 5.88 Å². The lowest BCUT2D eigenvalue weighted by Gasteiger charge is -2.33. The van der Waals surface area contributed by atoms with E-state index in [0.29, 0.717) is 23.2 Å². The van der Waals surface area contributed by atoms with Gasteiger partial charge in [-0.1, -0.05) is 6.07 Å². The van der Waals surface area contributed by atoms with Gasteiger partial charge in [0, 0.05) is 24.5 Å². The minimum absolute atomic E-state index is 0.0396. The molecule has 1 aliphatic carbocycles. The Hall–Kier alpha value is -3.29. The summed E-state index contributed by atoms with van der Waals surface area (Å²) in [5, 5.41) is 8.31. The lowest BCUT2D eigenvalue weighted by Crippen LogP contribution is -2.47. The first-order chi connectivity index (χ1) is 13.7. The number of carbonyl (C=O) groups is 1. The molecule has 8 heteroatoms. The molecule has 0 spiro atoms. The molecule has 1 saturated carbocycles. The van der Waals surface area contributed by atoms with Gasteiger partial charge in [-0.05, 0) is 43.9 Å². The fraction of sp³-hybridized carbons (Fsp3) is 0.350. The minimum atomic E-state index is -0.0541. The maximum Gasteiger partial charge on any atom is 0.258 e. The number of aromatic nitrogens is 5. The van der Waals surface area contributed by atoms with Crippen molar-refractivity contribution >= 4 is 5.91 Å². The molecular weight excluding hydrogens is 356 g/mol. The van der Waals surface area contributed by atoms with Crippen molar-refractivity contribution in [2.45, 2.75) is 31.9 Å². The summed E-state index contributed by atoms with van der Waals surface area (Å²) >= 11 is 0. The fourth-order valence-electron chi connectivity index (χ4n) is 4.24. The molecule has 3 aromatic rings. The van der Waals surface area contributed by atoms with Crippen LogP contribution in [-0.4, -0.2) is 54.5 Å². The summed E-state index contributed by atoms with van der Waals surface area (Å²) in [5.41, 5.74) is 1.31. The first kappa shape index (κ1) is 16.9. The Morgan fingerprint density at radius 2 is 1.96 bits per heavy atom. The number of pyridine rings is 2. The van der Waals surface area contributed by atoms with E-state index < -0.39 is 0 Å². The molecule has 8 nitrogen and oxygen atoms in total. The van der Waals surface area contributed by atoms with Crippen LogP contribution in [0, 0.1) is 12.8 Å². The monoisotopic (exact) mass is 376 g/mol. The van der Waals surface area contributed by atoms with E-state index in [0.717, 1.165) is 25.1 Å². The lowest BCUT2D eigenvalue weighted by molar-refractivity contribution is 0.0466. The molecule has 3 atom stereocenters. The van der Waals surface area contributed by atoms with Crippen LogP contribution in [0.4, 0.5) is 0 Å². The number of piperidine rings is 1. The van der Waals surface area contributed by atoms with E-state index in [9.17, 15) is 4.79 Å². The number of fused-ring (bicyclic) bond motifs is 2. The molecule has 5 rings (SSSR count). The Balaban J connectivity index is 1.42. The molecule has 1 aliphatic heterocycles. The summed E-state index contributed by atoms with van der Waals surface area (Å²) in [4.78, 5) is 25.5. The van der Waals surface area contributed by atoms with Crippen LogP contribution in [0.25, 0.3) is 5.82 Å². The van der Waals surface area contributed by atoms with E-state index in [1.54, 1.807) is 18.6 Å². The number of likely N-dealkylation sites (tertiary alicyclic amines) is 1. The van der Waals surface area contributed by atoms with E-state index in [4.69, 9.17) is 4.74 Å². The van der Waals surface area contributed by atoms with Crippen molar-refractivity contribution in [3.05, 3.63) is 60.2 Å². The number of amides is 1. The molecule has 0 aromatic carbocycles. The first-order valence-corrected chi connectivity index (χ1v) is 9.42. The van der Waals surface area contributed by atoms with Crippen LogP contribution in [0.5, 0.6) is 5.88 Å². The molecule has 0 unspecified atom stereocenters. The van der Waals surface area contributed by atoms with Crippen molar-refractivity contribution in [1.82, 2.24) is 29.9 Å². The number of hydrogen-bond donors (Lipinski definition) is 0. The highest BCUT2D eigenvalue weighted by Crippen LogP contribution is 2.40. The normalized spacial score (nSPS) is 23.2. The minimum Gasteiger partial charge on any atom is -0.472 e. The van der Waals surface area contributed by atoms with Gasteiger partial charge in [0.25, 0.3) is 5.91 Å². The average Bonchev–Trinajstić information content (AvgIpc) is 3.45. The standard InChI is InChI=1S/C20H20N6O2/c1-13-5-6-15(19(24-13)26-22-8-9-23-26)20(27)25-12-14-10-16(25)17(11-14)28-18-4-2-3-7-21-18/h2-9,14,16-17H,10-12H2,1H3/t14-,16+,17-/m1/s1. The van der Waals surface area contributed by atoms with Gasteiger partial charge in [-0.15, -0.1) is 4.80 Å². The highest BCUT2D eigenvalue weighted by molar-refractivity contribution is 5.97. The number of aryl methyl sites for hydroxylation is 1. The quantitative estimate of drug-likeness (QED) is 0.693. The second kappa shape index (κ2) is 6.70. The Morgan fingerprint density at radius 3 is 2.71 bits per heavy atom. The second-order valence-corrected chi connectivity index (χ2v) is 7.33. The van der Waals surface area contributed by atoms with Crippen molar-refractivity contribution in [3.8, 4) is 11.7 Å². The zero-order chi connectivity index (χ0) is 19.1. The number of nitrogens with zero attached hydrogens (tertiary/aromatic N) is 6. The topological polar surface area (TPSA) is 86.0 Å². The van der Waals surface area contributed by atoms with Crippen LogP contribution in [0.1, 0.15) is 28.9 Å². The van der Waals surface area contributed by atoms with Gasteiger partial charge >= 0.3 is 0 Å². The molecule has 1 amide bonds. The third kappa shape index (κ3) is 2.90. The third-order valence-electron chi connectivity index (χ3n) is 5.45. The van der Waals surface area contributed by atoms with Crippen LogP contribution in [0.2, 0.25) is 0 Å². The first-order valence-electron chi connectivity index (χ1n) is 9.42. The van der Waals surface area contributed by atoms with E-state index >= 15 is 0 Å². The number of hydrogen-bond acceptors (Lipinski definition) is 6. The Bertz CT molecular complexity index is 991. The predicted octanol–water partition coefficient (Wildman–Crippen LogP) is 2.05. The Kier molecular flexibility index (Phi) is 4.03. The van der Waals surface area contributed by atoms with Crippen molar-refractivity contribution in [1.29, 1.82) is 0 Å². The Labute approximate surface area is 162 Å². The fourth-order valence-corrected chi connectivity index (χ4v) is 4.24. The van der Waals surface area contributed by atoms with Crippen LogP contribution < -0.4 is 4.74 Å². The van der Waals surface area contributed by atoms with E-state index in [-0.39, 0.29) is 18.1 Å².